The predicted octanol–water partition coefficient (Wildman–Crippen LogP) is 1.26. The molecule has 0 saturated heterocycles. The van der Waals surface area contributed by atoms with Gasteiger partial charge >= 0.3 is 11.8 Å². The number of aryl methyl sites for hydroxylation is 1. The minimum Gasteiger partial charge on any atom is -0.496 e. The molecule has 26 heavy (non-hydrogen) atoms. The normalized spacial score (nSPS) is 18.1. The third-order valence-corrected chi connectivity index (χ3v) is 4.71. The Kier molecular flexibility index (Phi) is 5.23. The number of carbonyl (C=O) groups is 2. The fourth-order valence-corrected chi connectivity index (χ4v) is 3.26. The maximum atomic E-state index is 12.1. The maximum Gasteiger partial charge on any atom is 0.309 e. The molecule has 0 radical (unpaired) electrons. The number of amides is 2. The summed E-state index contributed by atoms with van der Waals surface area (Å²) in [6.07, 6.45) is 1.28. The Balaban J connectivity index is 1.55. The van der Waals surface area contributed by atoms with E-state index < -0.39 is 17.4 Å². The van der Waals surface area contributed by atoms with Gasteiger partial charge in [0.25, 0.3) is 0 Å². The van der Waals surface area contributed by atoms with Crippen LogP contribution in [0.1, 0.15) is 23.1 Å². The van der Waals surface area contributed by atoms with Crippen LogP contribution in [0.25, 0.3) is 0 Å². The lowest BCUT2D eigenvalue weighted by Crippen LogP contribution is -2.45. The fraction of sp³-hybridized carbons (Fsp3) is 0.300. The van der Waals surface area contributed by atoms with E-state index in [4.69, 9.17) is 4.74 Å². The summed E-state index contributed by atoms with van der Waals surface area (Å²) in [6.45, 7) is 0.189. The maximum absolute atomic E-state index is 12.1. The SMILES string of the molecule is COc1ccccc1CNC(=O)C(=O)NCC1(O)CCc2ccccc21. The smallest absolute Gasteiger partial charge is 0.309 e. The minimum atomic E-state index is -1.13. The highest BCUT2D eigenvalue weighted by Crippen LogP contribution is 2.36. The summed E-state index contributed by atoms with van der Waals surface area (Å²) < 4.78 is 5.21. The molecule has 0 aliphatic heterocycles. The third kappa shape index (κ3) is 3.70. The van der Waals surface area contributed by atoms with E-state index in [0.717, 1.165) is 23.1 Å². The summed E-state index contributed by atoms with van der Waals surface area (Å²) >= 11 is 0. The van der Waals surface area contributed by atoms with Crippen LogP contribution in [0.5, 0.6) is 5.75 Å². The van der Waals surface area contributed by atoms with E-state index in [2.05, 4.69) is 10.6 Å². The van der Waals surface area contributed by atoms with E-state index in [1.54, 1.807) is 13.2 Å². The molecule has 0 heterocycles. The Morgan fingerprint density at radius 3 is 2.58 bits per heavy atom. The van der Waals surface area contributed by atoms with E-state index in [-0.39, 0.29) is 13.1 Å². The summed E-state index contributed by atoms with van der Waals surface area (Å²) in [5.74, 6) is -0.867. The average Bonchev–Trinajstić information content (AvgIpc) is 3.02. The average molecular weight is 354 g/mol. The van der Waals surface area contributed by atoms with Crippen LogP contribution in [0.15, 0.2) is 48.5 Å². The molecule has 3 N–H and O–H groups in total. The molecular weight excluding hydrogens is 332 g/mol. The molecule has 0 fully saturated rings. The van der Waals surface area contributed by atoms with Gasteiger partial charge in [0.05, 0.1) is 13.7 Å². The third-order valence-electron chi connectivity index (χ3n) is 4.71. The molecule has 1 atom stereocenters. The molecule has 6 heteroatoms. The van der Waals surface area contributed by atoms with Gasteiger partial charge in [-0.3, -0.25) is 9.59 Å². The van der Waals surface area contributed by atoms with Crippen molar-refractivity contribution in [3.05, 3.63) is 65.2 Å². The summed E-state index contributed by atoms with van der Waals surface area (Å²) in [4.78, 5) is 24.1. The van der Waals surface area contributed by atoms with Crippen LogP contribution in [0.4, 0.5) is 0 Å². The highest BCUT2D eigenvalue weighted by Gasteiger charge is 2.37. The number of benzene rings is 2. The molecule has 1 aliphatic carbocycles. The number of ether oxygens (including phenoxy) is 1. The van der Waals surface area contributed by atoms with Gasteiger partial charge in [-0.05, 0) is 30.0 Å². The van der Waals surface area contributed by atoms with Gasteiger partial charge in [-0.1, -0.05) is 42.5 Å². The fourth-order valence-electron chi connectivity index (χ4n) is 3.26. The second-order valence-electron chi connectivity index (χ2n) is 6.37. The molecule has 1 aliphatic rings. The van der Waals surface area contributed by atoms with E-state index in [1.807, 2.05) is 42.5 Å². The van der Waals surface area contributed by atoms with Crippen molar-refractivity contribution < 1.29 is 19.4 Å². The second kappa shape index (κ2) is 7.58. The number of rotatable bonds is 5. The molecule has 1 unspecified atom stereocenters. The highest BCUT2D eigenvalue weighted by atomic mass is 16.5. The second-order valence-corrected chi connectivity index (χ2v) is 6.37. The Labute approximate surface area is 152 Å². The molecule has 0 spiro atoms. The monoisotopic (exact) mass is 354 g/mol. The first-order valence-corrected chi connectivity index (χ1v) is 8.52. The van der Waals surface area contributed by atoms with Crippen molar-refractivity contribution in [2.45, 2.75) is 25.0 Å². The van der Waals surface area contributed by atoms with Gasteiger partial charge in [0.1, 0.15) is 11.4 Å². The van der Waals surface area contributed by atoms with Crippen LogP contribution < -0.4 is 15.4 Å². The van der Waals surface area contributed by atoms with Crippen molar-refractivity contribution in [1.82, 2.24) is 10.6 Å². The van der Waals surface area contributed by atoms with E-state index in [0.29, 0.717) is 12.2 Å². The van der Waals surface area contributed by atoms with Gasteiger partial charge in [-0.15, -0.1) is 0 Å². The Bertz CT molecular complexity index is 821. The number of hydrogen-bond acceptors (Lipinski definition) is 4. The van der Waals surface area contributed by atoms with Gasteiger partial charge in [0.2, 0.25) is 0 Å². The van der Waals surface area contributed by atoms with Crippen LogP contribution in [-0.4, -0.2) is 30.6 Å². The molecule has 0 saturated carbocycles. The minimum absolute atomic E-state index is 0.00489. The summed E-state index contributed by atoms with van der Waals surface area (Å²) in [5.41, 5.74) is 1.54. The first-order chi connectivity index (χ1) is 12.5. The molecular formula is C20H22N2O4. The largest absolute Gasteiger partial charge is 0.496 e. The highest BCUT2D eigenvalue weighted by molar-refractivity contribution is 6.35. The van der Waals surface area contributed by atoms with Crippen LogP contribution in [0.2, 0.25) is 0 Å². The molecule has 0 bridgehead atoms. The van der Waals surface area contributed by atoms with Crippen molar-refractivity contribution >= 4 is 11.8 Å². The van der Waals surface area contributed by atoms with Crippen molar-refractivity contribution in [1.29, 1.82) is 0 Å². The van der Waals surface area contributed by atoms with Gasteiger partial charge < -0.3 is 20.5 Å². The Hall–Kier alpha value is -2.86. The zero-order valence-corrected chi connectivity index (χ0v) is 14.6. The first-order valence-electron chi connectivity index (χ1n) is 8.52. The van der Waals surface area contributed by atoms with Crippen LogP contribution in [0, 0.1) is 0 Å². The quantitative estimate of drug-likeness (QED) is 0.706. The summed E-state index contributed by atoms with van der Waals surface area (Å²) in [5, 5.41) is 15.9. The van der Waals surface area contributed by atoms with E-state index in [1.165, 1.54) is 0 Å². The van der Waals surface area contributed by atoms with Crippen molar-refractivity contribution in [2.75, 3.05) is 13.7 Å². The lowest BCUT2D eigenvalue weighted by molar-refractivity contribution is -0.140. The molecule has 6 nitrogen and oxygen atoms in total. The Morgan fingerprint density at radius 1 is 1.08 bits per heavy atom. The summed E-state index contributed by atoms with van der Waals surface area (Å²) in [7, 11) is 1.55. The molecule has 2 aromatic rings. The van der Waals surface area contributed by atoms with Gasteiger partial charge in [-0.25, -0.2) is 0 Å². The zero-order valence-electron chi connectivity index (χ0n) is 14.6. The van der Waals surface area contributed by atoms with Gasteiger partial charge in [0.15, 0.2) is 0 Å². The number of aliphatic hydroxyl groups is 1. The molecule has 2 amide bonds. The number of nitrogens with one attached hydrogen (secondary N) is 2. The standard InChI is InChI=1S/C20H22N2O4/c1-26-17-9-5-3-7-15(17)12-21-18(23)19(24)22-13-20(25)11-10-14-6-2-4-8-16(14)20/h2-9,25H,10-13H2,1H3,(H,21,23)(H,22,24). The lowest BCUT2D eigenvalue weighted by atomic mass is 9.96. The molecule has 3 rings (SSSR count). The van der Waals surface area contributed by atoms with E-state index in [9.17, 15) is 14.7 Å². The zero-order chi connectivity index (χ0) is 18.6. The molecule has 2 aromatic carbocycles. The number of fused-ring (bicyclic) bond motifs is 1. The van der Waals surface area contributed by atoms with Crippen LogP contribution >= 0.6 is 0 Å². The lowest BCUT2D eigenvalue weighted by Gasteiger charge is -2.24. The first kappa shape index (κ1) is 17.9. The van der Waals surface area contributed by atoms with E-state index >= 15 is 0 Å². The van der Waals surface area contributed by atoms with Crippen LogP contribution in [-0.2, 0) is 28.2 Å². The Morgan fingerprint density at radius 2 is 1.77 bits per heavy atom. The number of para-hydroxylation sites is 1. The number of hydrogen-bond donors (Lipinski definition) is 3. The number of methoxy groups -OCH3 is 1. The van der Waals surface area contributed by atoms with Crippen molar-refractivity contribution in [3.63, 3.8) is 0 Å². The number of carbonyl (C=O) groups excluding carboxylic acids is 2. The molecule has 0 aromatic heterocycles. The topological polar surface area (TPSA) is 87.7 Å². The van der Waals surface area contributed by atoms with Gasteiger partial charge in [-0.2, -0.15) is 0 Å². The predicted molar refractivity (Wildman–Crippen MR) is 96.5 cm³/mol. The van der Waals surface area contributed by atoms with Crippen molar-refractivity contribution in [3.8, 4) is 5.75 Å². The van der Waals surface area contributed by atoms with Crippen molar-refractivity contribution in [2.24, 2.45) is 0 Å². The molecule has 136 valence electrons. The van der Waals surface area contributed by atoms with Crippen LogP contribution in [0.3, 0.4) is 0 Å². The van der Waals surface area contributed by atoms with Gasteiger partial charge in [0, 0.05) is 12.1 Å². The summed E-state index contributed by atoms with van der Waals surface area (Å²) in [6, 6.07) is 14.9.